The van der Waals surface area contributed by atoms with Gasteiger partial charge in [-0.15, -0.1) is 22.7 Å². The molecule has 0 saturated heterocycles. The van der Waals surface area contributed by atoms with Gasteiger partial charge in [0.15, 0.2) is 0 Å². The average Bonchev–Trinajstić information content (AvgIpc) is 3.30. The van der Waals surface area contributed by atoms with Crippen molar-refractivity contribution in [3.8, 4) is 0 Å². The van der Waals surface area contributed by atoms with Crippen molar-refractivity contribution in [1.82, 2.24) is 15.1 Å². The van der Waals surface area contributed by atoms with E-state index < -0.39 is 0 Å². The van der Waals surface area contributed by atoms with Gasteiger partial charge in [-0.2, -0.15) is 0 Å². The van der Waals surface area contributed by atoms with E-state index in [1.165, 1.54) is 15.3 Å². The number of hydrogen-bond donors (Lipinski definition) is 1. The molecule has 1 N–H and O–H groups in total. The first-order chi connectivity index (χ1) is 13.0. The van der Waals surface area contributed by atoms with Crippen molar-refractivity contribution in [2.75, 3.05) is 26.2 Å². The van der Waals surface area contributed by atoms with Gasteiger partial charge in [0, 0.05) is 28.9 Å². The first-order valence-corrected chi connectivity index (χ1v) is 11.2. The highest BCUT2D eigenvalue weighted by Gasteiger charge is 2.32. The Kier molecular flexibility index (Phi) is 6.68. The maximum atomic E-state index is 12.9. The van der Waals surface area contributed by atoms with Crippen LogP contribution in [-0.2, 0) is 16.0 Å². The summed E-state index contributed by atoms with van der Waals surface area (Å²) in [6.07, 6.45) is 0.974. The number of rotatable bonds is 7. The third-order valence-electron chi connectivity index (χ3n) is 4.74. The molecule has 2 aromatic heterocycles. The van der Waals surface area contributed by atoms with Crippen molar-refractivity contribution in [2.24, 2.45) is 0 Å². The van der Waals surface area contributed by atoms with Crippen molar-refractivity contribution in [3.05, 3.63) is 44.3 Å². The predicted octanol–water partition coefficient (Wildman–Crippen LogP) is 3.13. The molecule has 0 fully saturated rings. The van der Waals surface area contributed by atoms with E-state index in [0.717, 1.165) is 13.0 Å². The standard InChI is InChI=1S/C20H27N3O2S2/c1-4-22(12-18(24)21-14(2)3)19(25)13-23-9-7-16-15(8-11-27-16)20(23)17-6-5-10-26-17/h5-6,8,10-11,14,20H,4,7,9,12-13H2,1-3H3,(H,21,24). The van der Waals surface area contributed by atoms with E-state index in [-0.39, 0.29) is 30.4 Å². The number of nitrogens with zero attached hydrogens (tertiary/aromatic N) is 2. The quantitative estimate of drug-likeness (QED) is 0.770. The zero-order valence-corrected chi connectivity index (χ0v) is 17.7. The minimum atomic E-state index is -0.103. The molecule has 3 heterocycles. The molecule has 146 valence electrons. The van der Waals surface area contributed by atoms with Crippen molar-refractivity contribution >= 4 is 34.5 Å². The summed E-state index contributed by atoms with van der Waals surface area (Å²) in [6, 6.07) is 6.61. The summed E-state index contributed by atoms with van der Waals surface area (Å²) in [7, 11) is 0. The SMILES string of the molecule is CCN(CC(=O)NC(C)C)C(=O)CN1CCc2sccc2C1c1cccs1. The Labute approximate surface area is 169 Å². The molecular formula is C20H27N3O2S2. The van der Waals surface area contributed by atoms with Gasteiger partial charge in [0.2, 0.25) is 11.8 Å². The molecule has 0 saturated carbocycles. The maximum Gasteiger partial charge on any atom is 0.239 e. The molecule has 1 aliphatic rings. The van der Waals surface area contributed by atoms with Crippen LogP contribution in [0.2, 0.25) is 0 Å². The molecule has 0 aromatic carbocycles. The van der Waals surface area contributed by atoms with Crippen LogP contribution in [0, 0.1) is 0 Å². The number of thiophene rings is 2. The van der Waals surface area contributed by atoms with Crippen LogP contribution < -0.4 is 5.32 Å². The van der Waals surface area contributed by atoms with Gasteiger partial charge < -0.3 is 10.2 Å². The number of hydrogen-bond acceptors (Lipinski definition) is 5. The minimum absolute atomic E-state index is 0.0108. The van der Waals surface area contributed by atoms with Crippen molar-refractivity contribution in [3.63, 3.8) is 0 Å². The van der Waals surface area contributed by atoms with Crippen LogP contribution in [0.4, 0.5) is 0 Å². The summed E-state index contributed by atoms with van der Waals surface area (Å²) in [5.41, 5.74) is 1.32. The maximum absolute atomic E-state index is 12.9. The lowest BCUT2D eigenvalue weighted by Crippen LogP contribution is -2.47. The van der Waals surface area contributed by atoms with Crippen LogP contribution in [-0.4, -0.2) is 53.8 Å². The minimum Gasteiger partial charge on any atom is -0.352 e. The largest absolute Gasteiger partial charge is 0.352 e. The van der Waals surface area contributed by atoms with E-state index in [2.05, 4.69) is 39.2 Å². The lowest BCUT2D eigenvalue weighted by molar-refractivity contribution is -0.137. The molecule has 0 radical (unpaired) electrons. The van der Waals surface area contributed by atoms with Gasteiger partial charge in [0.05, 0.1) is 19.1 Å². The molecule has 1 unspecified atom stereocenters. The van der Waals surface area contributed by atoms with Crippen molar-refractivity contribution in [2.45, 2.75) is 39.3 Å². The fraction of sp³-hybridized carbons (Fsp3) is 0.500. The fourth-order valence-electron chi connectivity index (χ4n) is 3.51. The van der Waals surface area contributed by atoms with Gasteiger partial charge in [-0.3, -0.25) is 14.5 Å². The zero-order valence-electron chi connectivity index (χ0n) is 16.1. The first kappa shape index (κ1) is 20.0. The Morgan fingerprint density at radius 1 is 1.30 bits per heavy atom. The Balaban J connectivity index is 1.73. The number of amides is 2. The van der Waals surface area contributed by atoms with Gasteiger partial charge in [-0.1, -0.05) is 6.07 Å². The second-order valence-corrected chi connectivity index (χ2v) is 9.05. The predicted molar refractivity (Wildman–Crippen MR) is 111 cm³/mol. The molecule has 3 rings (SSSR count). The summed E-state index contributed by atoms with van der Waals surface area (Å²) < 4.78 is 0. The molecule has 27 heavy (non-hydrogen) atoms. The second kappa shape index (κ2) is 8.99. The Morgan fingerprint density at radius 2 is 2.11 bits per heavy atom. The molecule has 1 atom stereocenters. The number of nitrogens with one attached hydrogen (secondary N) is 1. The first-order valence-electron chi connectivity index (χ1n) is 9.40. The average molecular weight is 406 g/mol. The Bertz CT molecular complexity index is 770. The number of likely N-dealkylation sites (N-methyl/N-ethyl adjacent to an activating group) is 1. The van der Waals surface area contributed by atoms with E-state index in [1.54, 1.807) is 27.6 Å². The second-order valence-electron chi connectivity index (χ2n) is 7.07. The van der Waals surface area contributed by atoms with Crippen LogP contribution in [0.5, 0.6) is 0 Å². The van der Waals surface area contributed by atoms with Crippen LogP contribution in [0.15, 0.2) is 29.0 Å². The number of carbonyl (C=O) groups excluding carboxylic acids is 2. The zero-order chi connectivity index (χ0) is 19.4. The summed E-state index contributed by atoms with van der Waals surface area (Å²) in [5.74, 6) is -0.0922. The monoisotopic (exact) mass is 405 g/mol. The molecule has 1 aliphatic heterocycles. The van der Waals surface area contributed by atoms with Gasteiger partial charge in [-0.05, 0) is 55.6 Å². The third kappa shape index (κ3) is 4.78. The van der Waals surface area contributed by atoms with Crippen LogP contribution >= 0.6 is 22.7 Å². The molecule has 2 aromatic rings. The van der Waals surface area contributed by atoms with Gasteiger partial charge in [0.1, 0.15) is 0 Å². The summed E-state index contributed by atoms with van der Waals surface area (Å²) >= 11 is 3.53. The highest BCUT2D eigenvalue weighted by Crippen LogP contribution is 2.39. The lowest BCUT2D eigenvalue weighted by Gasteiger charge is -2.36. The molecule has 7 heteroatoms. The smallest absolute Gasteiger partial charge is 0.239 e. The number of carbonyl (C=O) groups is 2. The summed E-state index contributed by atoms with van der Waals surface area (Å²) in [4.78, 5) is 31.6. The lowest BCUT2D eigenvalue weighted by atomic mass is 9.98. The topological polar surface area (TPSA) is 52.7 Å². The Hall–Kier alpha value is -1.70. The van der Waals surface area contributed by atoms with E-state index >= 15 is 0 Å². The molecule has 2 amide bonds. The van der Waals surface area contributed by atoms with Crippen LogP contribution in [0.1, 0.15) is 42.1 Å². The third-order valence-corrected chi connectivity index (χ3v) is 6.66. The molecule has 0 bridgehead atoms. The normalized spacial score (nSPS) is 17.0. The highest BCUT2D eigenvalue weighted by molar-refractivity contribution is 7.10. The van der Waals surface area contributed by atoms with Crippen molar-refractivity contribution in [1.29, 1.82) is 0 Å². The molecule has 5 nitrogen and oxygen atoms in total. The van der Waals surface area contributed by atoms with E-state index in [9.17, 15) is 9.59 Å². The van der Waals surface area contributed by atoms with E-state index in [0.29, 0.717) is 13.1 Å². The fourth-order valence-corrected chi connectivity index (χ4v) is 5.29. The summed E-state index contributed by atoms with van der Waals surface area (Å²) in [5, 5.41) is 7.10. The highest BCUT2D eigenvalue weighted by atomic mass is 32.1. The van der Waals surface area contributed by atoms with E-state index in [1.807, 2.05) is 20.8 Å². The van der Waals surface area contributed by atoms with Gasteiger partial charge >= 0.3 is 0 Å². The molecular weight excluding hydrogens is 378 g/mol. The van der Waals surface area contributed by atoms with Gasteiger partial charge in [0.25, 0.3) is 0 Å². The molecule has 0 spiro atoms. The molecule has 0 aliphatic carbocycles. The number of fused-ring (bicyclic) bond motifs is 1. The van der Waals surface area contributed by atoms with E-state index in [4.69, 9.17) is 0 Å². The Morgan fingerprint density at radius 3 is 2.78 bits per heavy atom. The van der Waals surface area contributed by atoms with Crippen molar-refractivity contribution < 1.29 is 9.59 Å². The van der Waals surface area contributed by atoms with Gasteiger partial charge in [-0.25, -0.2) is 0 Å². The summed E-state index contributed by atoms with van der Waals surface area (Å²) in [6.45, 7) is 7.62. The van der Waals surface area contributed by atoms with Crippen LogP contribution in [0.3, 0.4) is 0 Å². The van der Waals surface area contributed by atoms with Crippen LogP contribution in [0.25, 0.3) is 0 Å².